The molecule has 1 N–H and O–H groups in total. The molecule has 0 spiro atoms. The summed E-state index contributed by atoms with van der Waals surface area (Å²) in [6.07, 6.45) is 0. The number of morpholine rings is 1. The van der Waals surface area contributed by atoms with E-state index in [1.54, 1.807) is 53.4 Å². The van der Waals surface area contributed by atoms with Crippen LogP contribution in [0.2, 0.25) is 5.02 Å². The van der Waals surface area contributed by atoms with E-state index in [9.17, 15) is 14.7 Å². The van der Waals surface area contributed by atoms with Crippen LogP contribution in [-0.2, 0) is 20.9 Å². The van der Waals surface area contributed by atoms with Gasteiger partial charge in [0.1, 0.15) is 18.1 Å². The lowest BCUT2D eigenvalue weighted by Gasteiger charge is -2.31. The highest BCUT2D eigenvalue weighted by atomic mass is 35.5. The summed E-state index contributed by atoms with van der Waals surface area (Å²) in [4.78, 5) is 30.3. The second kappa shape index (κ2) is 12.0. The van der Waals surface area contributed by atoms with Crippen molar-refractivity contribution in [3.05, 3.63) is 106 Å². The van der Waals surface area contributed by atoms with Crippen LogP contribution in [0.1, 0.15) is 28.3 Å². The lowest BCUT2D eigenvalue weighted by Crippen LogP contribution is -2.42. The maximum atomic E-state index is 13.3. The van der Waals surface area contributed by atoms with Gasteiger partial charge in [0, 0.05) is 36.8 Å². The molecule has 1 amide bonds. The Kier molecular flexibility index (Phi) is 8.31. The van der Waals surface area contributed by atoms with Gasteiger partial charge in [0.2, 0.25) is 0 Å². The van der Waals surface area contributed by atoms with Crippen LogP contribution >= 0.6 is 11.6 Å². The standard InChI is InChI=1S/C31H31ClN2O5/c1-21-3-2-4-22(19-21)20-39-26-11-7-24(8-12-26)29(35)27-28(23-5-9-25(32)10-6-23)34(31(37)30(27)36)14-13-33-15-17-38-18-16-33/h2-12,19,28,35H,13-18,20H2,1H3/t28-/m1/s1. The van der Waals surface area contributed by atoms with Gasteiger partial charge in [-0.3, -0.25) is 14.5 Å². The number of hydrogen-bond acceptors (Lipinski definition) is 6. The normalized spacial score (nSPS) is 19.4. The zero-order valence-corrected chi connectivity index (χ0v) is 22.6. The summed E-state index contributed by atoms with van der Waals surface area (Å²) in [5.74, 6) is -0.905. The van der Waals surface area contributed by atoms with E-state index >= 15 is 0 Å². The molecule has 0 unspecified atom stereocenters. The van der Waals surface area contributed by atoms with E-state index < -0.39 is 17.7 Å². The number of amides is 1. The number of ether oxygens (including phenoxy) is 2. The minimum Gasteiger partial charge on any atom is -0.507 e. The number of nitrogens with zero attached hydrogens (tertiary/aromatic N) is 2. The van der Waals surface area contributed by atoms with Gasteiger partial charge in [-0.25, -0.2) is 0 Å². The van der Waals surface area contributed by atoms with Crippen LogP contribution in [0.3, 0.4) is 0 Å². The quantitative estimate of drug-likeness (QED) is 0.244. The van der Waals surface area contributed by atoms with Gasteiger partial charge >= 0.3 is 0 Å². The van der Waals surface area contributed by atoms with Crippen molar-refractivity contribution in [2.75, 3.05) is 39.4 Å². The molecule has 2 aliphatic rings. The molecule has 3 aromatic rings. The van der Waals surface area contributed by atoms with E-state index in [0.717, 1.165) is 24.2 Å². The molecule has 7 nitrogen and oxygen atoms in total. The zero-order chi connectivity index (χ0) is 27.4. The van der Waals surface area contributed by atoms with Gasteiger partial charge in [0.15, 0.2) is 0 Å². The molecular weight excluding hydrogens is 516 g/mol. The van der Waals surface area contributed by atoms with E-state index in [4.69, 9.17) is 21.1 Å². The topological polar surface area (TPSA) is 79.3 Å². The van der Waals surface area contributed by atoms with Crippen molar-refractivity contribution in [3.8, 4) is 5.75 Å². The lowest BCUT2D eigenvalue weighted by molar-refractivity contribution is -0.140. The second-order valence-corrected chi connectivity index (χ2v) is 10.2. The van der Waals surface area contributed by atoms with E-state index in [0.29, 0.717) is 54.8 Å². The van der Waals surface area contributed by atoms with Gasteiger partial charge < -0.3 is 19.5 Å². The first-order valence-electron chi connectivity index (χ1n) is 13.0. The number of carbonyl (C=O) groups excluding carboxylic acids is 2. The smallest absolute Gasteiger partial charge is 0.295 e. The molecule has 2 saturated heterocycles. The zero-order valence-electron chi connectivity index (χ0n) is 21.8. The first-order chi connectivity index (χ1) is 18.9. The van der Waals surface area contributed by atoms with Crippen molar-refractivity contribution in [3.63, 3.8) is 0 Å². The van der Waals surface area contributed by atoms with Crippen molar-refractivity contribution >= 4 is 29.1 Å². The molecule has 2 fully saturated rings. The third kappa shape index (κ3) is 6.17. The molecule has 39 heavy (non-hydrogen) atoms. The van der Waals surface area contributed by atoms with Crippen LogP contribution in [0.4, 0.5) is 0 Å². The third-order valence-electron chi connectivity index (χ3n) is 7.10. The second-order valence-electron chi connectivity index (χ2n) is 9.80. The fourth-order valence-electron chi connectivity index (χ4n) is 5.01. The van der Waals surface area contributed by atoms with Crippen molar-refractivity contribution in [1.82, 2.24) is 9.80 Å². The summed E-state index contributed by atoms with van der Waals surface area (Å²) in [7, 11) is 0. The van der Waals surface area contributed by atoms with Crippen molar-refractivity contribution in [2.45, 2.75) is 19.6 Å². The molecule has 0 saturated carbocycles. The molecular formula is C31H31ClN2O5. The van der Waals surface area contributed by atoms with Crippen molar-refractivity contribution in [2.24, 2.45) is 0 Å². The molecule has 1 atom stereocenters. The average Bonchev–Trinajstić information content (AvgIpc) is 3.21. The van der Waals surface area contributed by atoms with Crippen molar-refractivity contribution in [1.29, 1.82) is 0 Å². The van der Waals surface area contributed by atoms with Crippen LogP contribution in [0.15, 0.2) is 78.4 Å². The highest BCUT2D eigenvalue weighted by Gasteiger charge is 2.46. The molecule has 0 aliphatic carbocycles. The number of rotatable bonds is 8. The van der Waals surface area contributed by atoms with Gasteiger partial charge in [0.25, 0.3) is 11.7 Å². The lowest BCUT2D eigenvalue weighted by atomic mass is 9.95. The number of benzene rings is 3. The van der Waals surface area contributed by atoms with Gasteiger partial charge in [0.05, 0.1) is 24.8 Å². The van der Waals surface area contributed by atoms with Gasteiger partial charge in [-0.1, -0.05) is 53.6 Å². The Labute approximate surface area is 233 Å². The van der Waals surface area contributed by atoms with Crippen molar-refractivity contribution < 1.29 is 24.2 Å². The monoisotopic (exact) mass is 546 g/mol. The largest absolute Gasteiger partial charge is 0.507 e. The van der Waals surface area contributed by atoms with Gasteiger partial charge in [-0.05, 0) is 54.4 Å². The Morgan fingerprint density at radius 3 is 2.41 bits per heavy atom. The minimum atomic E-state index is -0.722. The Morgan fingerprint density at radius 2 is 1.72 bits per heavy atom. The summed E-state index contributed by atoms with van der Waals surface area (Å²) < 4.78 is 11.3. The summed E-state index contributed by atoms with van der Waals surface area (Å²) in [5, 5.41) is 11.9. The molecule has 8 heteroatoms. The van der Waals surface area contributed by atoms with Crippen LogP contribution in [0, 0.1) is 6.92 Å². The highest BCUT2D eigenvalue weighted by Crippen LogP contribution is 2.39. The number of aryl methyl sites for hydroxylation is 1. The fraction of sp³-hybridized carbons (Fsp3) is 0.290. The molecule has 5 rings (SSSR count). The predicted octanol–water partition coefficient (Wildman–Crippen LogP) is 4.98. The summed E-state index contributed by atoms with van der Waals surface area (Å²) in [5.41, 5.74) is 3.43. The van der Waals surface area contributed by atoms with Gasteiger partial charge in [-0.15, -0.1) is 0 Å². The predicted molar refractivity (Wildman–Crippen MR) is 150 cm³/mol. The number of carbonyl (C=O) groups is 2. The molecule has 2 heterocycles. The molecule has 0 bridgehead atoms. The molecule has 0 radical (unpaired) electrons. The number of hydrogen-bond donors (Lipinski definition) is 1. The molecule has 0 aromatic heterocycles. The number of aliphatic hydroxyl groups is 1. The Balaban J connectivity index is 1.41. The average molecular weight is 547 g/mol. The maximum Gasteiger partial charge on any atom is 0.295 e. The molecule has 3 aromatic carbocycles. The fourth-order valence-corrected chi connectivity index (χ4v) is 5.14. The summed E-state index contributed by atoms with van der Waals surface area (Å²) in [6, 6.07) is 21.3. The number of likely N-dealkylation sites (tertiary alicyclic amines) is 1. The van der Waals surface area contributed by atoms with Crippen LogP contribution in [0.5, 0.6) is 5.75 Å². The minimum absolute atomic E-state index is 0.0673. The van der Waals surface area contributed by atoms with Gasteiger partial charge in [-0.2, -0.15) is 0 Å². The van der Waals surface area contributed by atoms with Crippen LogP contribution < -0.4 is 4.74 Å². The number of Topliss-reactive ketones (excluding diaryl/α,β-unsaturated/α-hetero) is 1. The SMILES string of the molecule is Cc1cccc(COc2ccc(C(O)=C3C(=O)C(=O)N(CCN4CCOCC4)[C@@H]3c3ccc(Cl)cc3)cc2)c1. The molecule has 2 aliphatic heterocycles. The Morgan fingerprint density at radius 1 is 1.00 bits per heavy atom. The number of aliphatic hydroxyl groups excluding tert-OH is 1. The van der Waals surface area contributed by atoms with E-state index in [1.807, 2.05) is 25.1 Å². The van der Waals surface area contributed by atoms with E-state index in [1.165, 1.54) is 0 Å². The first-order valence-corrected chi connectivity index (χ1v) is 13.4. The summed E-state index contributed by atoms with van der Waals surface area (Å²) in [6.45, 7) is 6.23. The van der Waals surface area contributed by atoms with E-state index in [2.05, 4.69) is 11.0 Å². The summed E-state index contributed by atoms with van der Waals surface area (Å²) >= 11 is 6.12. The maximum absolute atomic E-state index is 13.3. The third-order valence-corrected chi connectivity index (χ3v) is 7.35. The molecule has 202 valence electrons. The van der Waals surface area contributed by atoms with Crippen LogP contribution in [-0.4, -0.2) is 66.0 Å². The Bertz CT molecular complexity index is 1360. The number of halogens is 1. The number of ketones is 1. The highest BCUT2D eigenvalue weighted by molar-refractivity contribution is 6.46. The first kappa shape index (κ1) is 26.9. The van der Waals surface area contributed by atoms with Crippen LogP contribution in [0.25, 0.3) is 5.76 Å². The Hall–Kier alpha value is -3.65. The van der Waals surface area contributed by atoms with E-state index in [-0.39, 0.29) is 11.3 Å².